The van der Waals surface area contributed by atoms with Gasteiger partial charge in [0.1, 0.15) is 0 Å². The van der Waals surface area contributed by atoms with Crippen LogP contribution >= 0.6 is 23.1 Å². The first kappa shape index (κ1) is 19.4. The predicted molar refractivity (Wildman–Crippen MR) is 81.5 cm³/mol. The van der Waals surface area contributed by atoms with E-state index in [1.165, 1.54) is 17.4 Å². The molecular weight excluding hydrogens is 311 g/mol. The lowest BCUT2D eigenvalue weighted by molar-refractivity contribution is 0.225. The maximum absolute atomic E-state index is 10.8. The summed E-state index contributed by atoms with van der Waals surface area (Å²) in [7, 11) is 5.78. The van der Waals surface area contributed by atoms with Gasteiger partial charge in [-0.1, -0.05) is 0 Å². The summed E-state index contributed by atoms with van der Waals surface area (Å²) in [4.78, 5) is 4.40. The zero-order chi connectivity index (χ0) is 13.6. The summed E-state index contributed by atoms with van der Waals surface area (Å²) in [6.07, 6.45) is 0. The number of halogens is 2. The second-order valence-corrected chi connectivity index (χ2v) is 7.21. The molecule has 0 radical (unpaired) electrons. The third-order valence-electron chi connectivity index (χ3n) is 3.11. The molecule has 2 saturated heterocycles. The van der Waals surface area contributed by atoms with Crippen molar-refractivity contribution in [3.05, 3.63) is 0 Å². The molecule has 0 amide bonds. The highest BCUT2D eigenvalue weighted by atomic mass is 35.7. The Morgan fingerprint density at radius 3 is 1.63 bits per heavy atom. The molecule has 0 spiro atoms. The van der Waals surface area contributed by atoms with Gasteiger partial charge in [-0.05, 0) is 14.1 Å². The normalized spacial score (nSPS) is 23.1. The monoisotopic (exact) mass is 334 g/mol. The average Bonchev–Trinajstić information content (AvgIpc) is 2.30. The minimum absolute atomic E-state index is 0. The van der Waals surface area contributed by atoms with Crippen LogP contribution in [0.3, 0.4) is 0 Å². The first-order valence-electron chi connectivity index (χ1n) is 6.17. The molecule has 0 aromatic carbocycles. The number of nitrogens with zero attached hydrogens (tertiary/aromatic N) is 3. The van der Waals surface area contributed by atoms with Crippen LogP contribution in [-0.4, -0.2) is 89.0 Å². The van der Waals surface area contributed by atoms with Crippen LogP contribution in [0, 0.1) is 0 Å². The van der Waals surface area contributed by atoms with Crippen LogP contribution in [0.15, 0.2) is 0 Å². The van der Waals surface area contributed by atoms with Crippen molar-refractivity contribution in [2.75, 3.05) is 66.5 Å². The van der Waals surface area contributed by atoms with Gasteiger partial charge in [-0.25, -0.2) is 0 Å². The predicted octanol–water partition coefficient (Wildman–Crippen LogP) is -0.339. The Labute approximate surface area is 127 Å². The fourth-order valence-electron chi connectivity index (χ4n) is 1.78. The van der Waals surface area contributed by atoms with Gasteiger partial charge in [0, 0.05) is 63.0 Å². The Balaban J connectivity index is 0.000000352. The minimum Gasteiger partial charge on any atom is -0.314 e. The molecule has 2 rings (SSSR count). The molecule has 2 aliphatic rings. The first-order chi connectivity index (χ1) is 8.39. The van der Waals surface area contributed by atoms with Crippen molar-refractivity contribution in [1.29, 1.82) is 0 Å². The van der Waals surface area contributed by atoms with Crippen LogP contribution in [0.5, 0.6) is 0 Å². The van der Waals surface area contributed by atoms with E-state index in [1.54, 1.807) is 0 Å². The van der Waals surface area contributed by atoms with Gasteiger partial charge in [-0.15, -0.1) is 12.4 Å². The van der Waals surface area contributed by atoms with Gasteiger partial charge in [-0.3, -0.25) is 0 Å². The maximum Gasteiger partial charge on any atom is 0.299 e. The lowest BCUT2D eigenvalue weighted by Gasteiger charge is -2.29. The highest BCUT2D eigenvalue weighted by Gasteiger charge is 2.22. The van der Waals surface area contributed by atoms with Gasteiger partial charge in [0.05, 0.1) is 0 Å². The molecule has 9 heteroatoms. The van der Waals surface area contributed by atoms with Gasteiger partial charge in [0.2, 0.25) is 0 Å². The summed E-state index contributed by atoms with van der Waals surface area (Å²) < 4.78 is 22.8. The third-order valence-corrected chi connectivity index (χ3v) is 4.68. The summed E-state index contributed by atoms with van der Waals surface area (Å²) in [5.41, 5.74) is 0. The van der Waals surface area contributed by atoms with Crippen molar-refractivity contribution < 1.29 is 8.42 Å². The third kappa shape index (κ3) is 8.29. The molecule has 2 heterocycles. The van der Waals surface area contributed by atoms with Crippen molar-refractivity contribution in [2.24, 2.45) is 0 Å². The number of hydrogen-bond acceptors (Lipinski definition) is 5. The van der Waals surface area contributed by atoms with Gasteiger partial charge in [0.25, 0.3) is 9.24 Å². The summed E-state index contributed by atoms with van der Waals surface area (Å²) in [6.45, 7) is 7.26. The second kappa shape index (κ2) is 9.33. The molecule has 2 aliphatic heterocycles. The summed E-state index contributed by atoms with van der Waals surface area (Å²) in [5.74, 6) is 0. The van der Waals surface area contributed by atoms with E-state index in [-0.39, 0.29) is 12.4 Å². The van der Waals surface area contributed by atoms with Crippen molar-refractivity contribution in [3.63, 3.8) is 0 Å². The number of likely N-dealkylation sites (N-methyl/N-ethyl adjacent to an activating group) is 2. The number of nitrogens with one attached hydrogen (secondary N) is 1. The molecule has 19 heavy (non-hydrogen) atoms. The number of rotatable bonds is 1. The topological polar surface area (TPSA) is 55.9 Å². The Hall–Kier alpha value is 0.370. The van der Waals surface area contributed by atoms with Crippen molar-refractivity contribution in [3.8, 4) is 0 Å². The van der Waals surface area contributed by atoms with Crippen LogP contribution in [0.25, 0.3) is 0 Å². The molecule has 1 N–H and O–H groups in total. The molecule has 0 aliphatic carbocycles. The van der Waals surface area contributed by atoms with Crippen LogP contribution in [0.2, 0.25) is 0 Å². The molecule has 6 nitrogen and oxygen atoms in total. The van der Waals surface area contributed by atoms with Crippen LogP contribution < -0.4 is 5.32 Å². The Morgan fingerprint density at radius 2 is 1.32 bits per heavy atom. The molecule has 0 atom stereocenters. The lowest BCUT2D eigenvalue weighted by atomic mass is 10.4. The zero-order valence-corrected chi connectivity index (χ0v) is 13.9. The SMILES string of the molecule is CN1CCN(S(=O)(=O)Cl)CC1.CN1CCNCC1.Cl. The average molecular weight is 335 g/mol. The molecular formula is C10H24Cl2N4O2S. The van der Waals surface area contributed by atoms with E-state index >= 15 is 0 Å². The van der Waals surface area contributed by atoms with Crippen LogP contribution in [-0.2, 0) is 9.24 Å². The molecule has 0 aromatic heterocycles. The van der Waals surface area contributed by atoms with Gasteiger partial charge >= 0.3 is 0 Å². The quantitative estimate of drug-likeness (QED) is 0.665. The number of piperazine rings is 2. The van der Waals surface area contributed by atoms with E-state index in [4.69, 9.17) is 10.7 Å². The standard InChI is InChI=1S/C5H11ClN2O2S.C5H12N2.ClH/c1-7-2-4-8(5-3-7)11(6,9)10;1-7-4-2-6-3-5-7;/h2-5H2,1H3;6H,2-5H2,1H3;1H. The summed E-state index contributed by atoms with van der Waals surface area (Å²) >= 11 is 0. The Morgan fingerprint density at radius 1 is 0.895 bits per heavy atom. The fraction of sp³-hybridized carbons (Fsp3) is 1.00. The van der Waals surface area contributed by atoms with Crippen molar-refractivity contribution >= 4 is 32.3 Å². The lowest BCUT2D eigenvalue weighted by Crippen LogP contribution is -2.45. The zero-order valence-electron chi connectivity index (χ0n) is 11.5. The van der Waals surface area contributed by atoms with E-state index in [2.05, 4.69) is 22.2 Å². The van der Waals surface area contributed by atoms with Gasteiger partial charge in [0.15, 0.2) is 0 Å². The van der Waals surface area contributed by atoms with E-state index in [1.807, 2.05) is 7.05 Å². The smallest absolute Gasteiger partial charge is 0.299 e. The van der Waals surface area contributed by atoms with E-state index in [9.17, 15) is 8.42 Å². The Kier molecular flexibility index (Phi) is 9.51. The molecule has 0 aromatic rings. The summed E-state index contributed by atoms with van der Waals surface area (Å²) in [5, 5.41) is 3.27. The van der Waals surface area contributed by atoms with Gasteiger partial charge < -0.3 is 15.1 Å². The second-order valence-electron chi connectivity index (χ2n) is 4.70. The minimum atomic E-state index is -3.47. The van der Waals surface area contributed by atoms with Crippen molar-refractivity contribution in [1.82, 2.24) is 19.4 Å². The molecule has 116 valence electrons. The van der Waals surface area contributed by atoms with E-state index < -0.39 is 9.24 Å². The van der Waals surface area contributed by atoms with Gasteiger partial charge in [-0.2, -0.15) is 12.7 Å². The largest absolute Gasteiger partial charge is 0.314 e. The highest BCUT2D eigenvalue weighted by molar-refractivity contribution is 8.11. The molecule has 0 unspecified atom stereocenters. The summed E-state index contributed by atoms with van der Waals surface area (Å²) in [6, 6.07) is 0. The fourth-order valence-corrected chi connectivity index (χ4v) is 2.80. The molecule has 0 bridgehead atoms. The highest BCUT2D eigenvalue weighted by Crippen LogP contribution is 2.09. The molecule has 2 fully saturated rings. The first-order valence-corrected chi connectivity index (χ1v) is 8.44. The van der Waals surface area contributed by atoms with E-state index in [0.717, 1.165) is 26.2 Å². The van der Waals surface area contributed by atoms with Crippen molar-refractivity contribution in [2.45, 2.75) is 0 Å². The van der Waals surface area contributed by atoms with E-state index in [0.29, 0.717) is 13.1 Å². The molecule has 0 saturated carbocycles. The Bertz CT molecular complexity index is 328. The van der Waals surface area contributed by atoms with Crippen LogP contribution in [0.4, 0.5) is 0 Å². The number of hydrogen-bond donors (Lipinski definition) is 1. The maximum atomic E-state index is 10.8. The van der Waals surface area contributed by atoms with Crippen LogP contribution in [0.1, 0.15) is 0 Å².